The third kappa shape index (κ3) is 6.63. The zero-order valence-electron chi connectivity index (χ0n) is 18.6. The van der Waals surface area contributed by atoms with Crippen molar-refractivity contribution >= 4 is 17.3 Å². The lowest BCUT2D eigenvalue weighted by Crippen LogP contribution is -2.33. The van der Waals surface area contributed by atoms with E-state index >= 15 is 0 Å². The number of hydrogen-bond donors (Lipinski definition) is 2. The Labute approximate surface area is 198 Å². The van der Waals surface area contributed by atoms with Gasteiger partial charge in [-0.25, -0.2) is 9.38 Å². The van der Waals surface area contributed by atoms with E-state index in [0.29, 0.717) is 35.9 Å². The monoisotopic (exact) mass is 473 g/mol. The average molecular weight is 474 g/mol. The molecule has 2 aromatic rings. The minimum Gasteiger partial charge on any atom is -0.396 e. The molecule has 0 aliphatic carbocycles. The van der Waals surface area contributed by atoms with Crippen LogP contribution in [0.3, 0.4) is 0 Å². The van der Waals surface area contributed by atoms with Gasteiger partial charge in [0.05, 0.1) is 16.8 Å². The minimum atomic E-state index is -0.570. The lowest BCUT2D eigenvalue weighted by atomic mass is 10.0. The Morgan fingerprint density at radius 2 is 2.15 bits per heavy atom. The molecule has 176 valence electrons. The van der Waals surface area contributed by atoms with Crippen molar-refractivity contribution in [3.05, 3.63) is 93.4 Å². The van der Waals surface area contributed by atoms with Crippen molar-refractivity contribution in [3.8, 4) is 0 Å². The molecule has 0 saturated carbocycles. The fraction of sp³-hybridized carbons (Fsp3) is 0.360. The molecule has 8 heteroatoms. The highest BCUT2D eigenvalue weighted by atomic mass is 35.5. The van der Waals surface area contributed by atoms with E-state index in [1.807, 2.05) is 19.1 Å². The van der Waals surface area contributed by atoms with E-state index in [2.05, 4.69) is 16.9 Å². The van der Waals surface area contributed by atoms with Crippen LogP contribution in [0, 0.1) is 5.82 Å². The molecule has 1 aliphatic rings. The molecule has 0 radical (unpaired) electrons. The summed E-state index contributed by atoms with van der Waals surface area (Å²) >= 11 is 5.80. The van der Waals surface area contributed by atoms with Crippen LogP contribution >= 0.6 is 11.6 Å². The number of allylic oxidation sites excluding steroid dienone is 2. The van der Waals surface area contributed by atoms with Crippen molar-refractivity contribution in [2.24, 2.45) is 4.99 Å². The van der Waals surface area contributed by atoms with Crippen LogP contribution in [0.2, 0.25) is 5.02 Å². The number of aliphatic imine (C=N–C) groups is 1. The van der Waals surface area contributed by atoms with Gasteiger partial charge >= 0.3 is 0 Å². The Morgan fingerprint density at radius 3 is 2.79 bits per heavy atom. The second-order valence-electron chi connectivity index (χ2n) is 7.84. The number of benzene rings is 1. The van der Waals surface area contributed by atoms with Crippen molar-refractivity contribution in [3.63, 3.8) is 0 Å². The number of aromatic nitrogens is 1. The van der Waals surface area contributed by atoms with E-state index in [9.17, 15) is 14.3 Å². The quantitative estimate of drug-likeness (QED) is 0.535. The number of ether oxygens (including phenoxy) is 1. The highest BCUT2D eigenvalue weighted by Crippen LogP contribution is 2.25. The van der Waals surface area contributed by atoms with Crippen LogP contribution in [-0.4, -0.2) is 41.2 Å². The van der Waals surface area contributed by atoms with Crippen molar-refractivity contribution < 1.29 is 14.2 Å². The molecule has 1 aromatic carbocycles. The zero-order chi connectivity index (χ0) is 23.8. The number of halogens is 2. The summed E-state index contributed by atoms with van der Waals surface area (Å²) in [7, 11) is 0. The Bertz CT molecular complexity index is 1090. The van der Waals surface area contributed by atoms with Crippen LogP contribution in [0.15, 0.2) is 70.9 Å². The first-order chi connectivity index (χ1) is 15.9. The standard InChI is InChI=1S/C25H29ClFN3O3/c1-3-4-23(29-17(2)28-20-9-13-33-14-10-20)18-7-11-30(25(32)16-18)24(8-12-31)19-5-6-21(26)22(27)15-19/h3-7,11,15-16,20,24,28,31H,2,8-10,12-14H2,1H3/b4-3-,29-23?. The molecule has 1 atom stereocenters. The summed E-state index contributed by atoms with van der Waals surface area (Å²) in [4.78, 5) is 17.6. The zero-order valence-corrected chi connectivity index (χ0v) is 19.4. The molecule has 1 aromatic heterocycles. The molecule has 1 unspecified atom stereocenters. The van der Waals surface area contributed by atoms with Crippen LogP contribution in [0.1, 0.15) is 43.4 Å². The molecule has 2 N–H and O–H groups in total. The first-order valence-electron chi connectivity index (χ1n) is 11.0. The number of nitrogens with zero attached hydrogens (tertiary/aromatic N) is 2. The van der Waals surface area contributed by atoms with Gasteiger partial charge in [0, 0.05) is 43.7 Å². The van der Waals surface area contributed by atoms with Gasteiger partial charge < -0.3 is 19.7 Å². The molecule has 1 fully saturated rings. The number of rotatable bonds is 9. The molecule has 33 heavy (non-hydrogen) atoms. The van der Waals surface area contributed by atoms with Crippen molar-refractivity contribution in [2.45, 2.75) is 38.3 Å². The molecule has 6 nitrogen and oxygen atoms in total. The van der Waals surface area contributed by atoms with Gasteiger partial charge in [0.1, 0.15) is 11.6 Å². The van der Waals surface area contributed by atoms with E-state index in [1.54, 1.807) is 18.3 Å². The molecular formula is C25H29ClFN3O3. The normalized spacial score (nSPS) is 16.2. The number of nitrogens with one attached hydrogen (secondary N) is 1. The third-order valence-corrected chi connectivity index (χ3v) is 5.79. The van der Waals surface area contributed by atoms with Gasteiger partial charge in [0.2, 0.25) is 0 Å². The van der Waals surface area contributed by atoms with Gasteiger partial charge in [-0.3, -0.25) is 4.79 Å². The van der Waals surface area contributed by atoms with Crippen LogP contribution < -0.4 is 10.9 Å². The fourth-order valence-corrected chi connectivity index (χ4v) is 3.94. The molecule has 0 spiro atoms. The molecule has 0 amide bonds. The first kappa shape index (κ1) is 24.9. The number of hydrogen-bond acceptors (Lipinski definition) is 5. The van der Waals surface area contributed by atoms with Crippen LogP contribution in [0.25, 0.3) is 0 Å². The van der Waals surface area contributed by atoms with Crippen molar-refractivity contribution in [1.29, 1.82) is 0 Å². The van der Waals surface area contributed by atoms with Gasteiger partial charge in [0.15, 0.2) is 0 Å². The Hall–Kier alpha value is -2.74. The fourth-order valence-electron chi connectivity index (χ4n) is 3.83. The van der Waals surface area contributed by atoms with E-state index in [0.717, 1.165) is 12.8 Å². The molecule has 0 bridgehead atoms. The summed E-state index contributed by atoms with van der Waals surface area (Å²) in [5.74, 6) is -0.0474. The molecule has 2 heterocycles. The smallest absolute Gasteiger partial charge is 0.251 e. The van der Waals surface area contributed by atoms with Gasteiger partial charge in [0.25, 0.3) is 5.56 Å². The molecular weight excluding hydrogens is 445 g/mol. The van der Waals surface area contributed by atoms with Gasteiger partial charge in [-0.15, -0.1) is 0 Å². The maximum Gasteiger partial charge on any atom is 0.251 e. The summed E-state index contributed by atoms with van der Waals surface area (Å²) in [5, 5.41) is 12.9. The van der Waals surface area contributed by atoms with Gasteiger partial charge in [-0.05, 0) is 56.0 Å². The predicted molar refractivity (Wildman–Crippen MR) is 129 cm³/mol. The summed E-state index contributed by atoms with van der Waals surface area (Å²) in [6, 6.07) is 7.39. The Morgan fingerprint density at radius 1 is 1.39 bits per heavy atom. The Balaban J connectivity index is 1.88. The van der Waals surface area contributed by atoms with E-state index in [4.69, 9.17) is 16.3 Å². The largest absolute Gasteiger partial charge is 0.396 e. The van der Waals surface area contributed by atoms with Gasteiger partial charge in [-0.1, -0.05) is 30.3 Å². The van der Waals surface area contributed by atoms with Gasteiger partial charge in [-0.2, -0.15) is 0 Å². The maximum absolute atomic E-state index is 14.0. The topological polar surface area (TPSA) is 75.8 Å². The molecule has 1 aliphatic heterocycles. The maximum atomic E-state index is 14.0. The second kappa shape index (κ2) is 11.9. The summed E-state index contributed by atoms with van der Waals surface area (Å²) < 4.78 is 20.9. The second-order valence-corrected chi connectivity index (χ2v) is 8.24. The van der Waals surface area contributed by atoms with Crippen molar-refractivity contribution in [1.82, 2.24) is 9.88 Å². The summed E-state index contributed by atoms with van der Waals surface area (Å²) in [6.07, 6.45) is 7.33. The third-order valence-electron chi connectivity index (χ3n) is 5.48. The summed E-state index contributed by atoms with van der Waals surface area (Å²) in [5.41, 5.74) is 1.50. The lowest BCUT2D eigenvalue weighted by Gasteiger charge is -2.24. The predicted octanol–water partition coefficient (Wildman–Crippen LogP) is 4.22. The van der Waals surface area contributed by atoms with Crippen LogP contribution in [0.5, 0.6) is 0 Å². The minimum absolute atomic E-state index is 0.00555. The first-order valence-corrected chi connectivity index (χ1v) is 11.3. The highest BCUT2D eigenvalue weighted by molar-refractivity contribution is 6.30. The van der Waals surface area contributed by atoms with E-state index in [-0.39, 0.29) is 29.7 Å². The Kier molecular flexibility index (Phi) is 9.00. The van der Waals surface area contributed by atoms with Crippen molar-refractivity contribution in [2.75, 3.05) is 19.8 Å². The average Bonchev–Trinajstić information content (AvgIpc) is 2.80. The number of pyridine rings is 1. The van der Waals surface area contributed by atoms with E-state index in [1.165, 1.54) is 22.8 Å². The van der Waals surface area contributed by atoms with E-state index < -0.39 is 11.9 Å². The lowest BCUT2D eigenvalue weighted by molar-refractivity contribution is 0.0803. The number of aliphatic hydroxyl groups excluding tert-OH is 1. The summed E-state index contributed by atoms with van der Waals surface area (Å²) in [6.45, 7) is 7.14. The molecule has 3 rings (SSSR count). The van der Waals surface area contributed by atoms with Crippen LogP contribution in [0.4, 0.5) is 4.39 Å². The number of aliphatic hydroxyl groups is 1. The molecule has 1 saturated heterocycles. The van der Waals surface area contributed by atoms with Crippen LogP contribution in [-0.2, 0) is 4.74 Å². The SMILES string of the molecule is C=C(N=C(/C=C\C)c1ccn(C(CCO)c2ccc(Cl)c(F)c2)c(=O)c1)NC1CCOCC1. The highest BCUT2D eigenvalue weighted by Gasteiger charge is 2.18.